The number of thioether (sulfide) groups is 1. The minimum Gasteiger partial charge on any atom is -0.350 e. The molecule has 60 valence electrons. The highest BCUT2D eigenvalue weighted by Gasteiger charge is 2.01. The van der Waals surface area contributed by atoms with E-state index in [4.69, 9.17) is 5.73 Å². The fourth-order valence-electron chi connectivity index (χ4n) is 0.667. The van der Waals surface area contributed by atoms with Crippen LogP contribution in [-0.2, 0) is 0 Å². The molecule has 0 unspecified atom stereocenters. The van der Waals surface area contributed by atoms with E-state index in [9.17, 15) is 4.79 Å². The Bertz CT molecular complexity index is 212. The Hall–Kier alpha value is -0.970. The summed E-state index contributed by atoms with van der Waals surface area (Å²) in [5.41, 5.74) is 7.96. The lowest BCUT2D eigenvalue weighted by Crippen LogP contribution is -2.26. The summed E-state index contributed by atoms with van der Waals surface area (Å²) in [4.78, 5) is 10.2. The second-order valence-electron chi connectivity index (χ2n) is 2.04. The van der Waals surface area contributed by atoms with E-state index in [1.807, 2.05) is 11.5 Å². The van der Waals surface area contributed by atoms with Gasteiger partial charge in [0.05, 0.1) is 5.71 Å². The summed E-state index contributed by atoms with van der Waals surface area (Å²) in [6, 6.07) is -0.614. The fraction of sp³-hybridized carbons (Fsp3) is 0.333. The SMILES string of the molecule is NC(=O)N/N=C1\CC=CSC1. The van der Waals surface area contributed by atoms with Crippen molar-refractivity contribution in [1.82, 2.24) is 5.43 Å². The lowest BCUT2D eigenvalue weighted by atomic mass is 10.3. The minimum atomic E-state index is -0.614. The first kappa shape index (κ1) is 8.13. The summed E-state index contributed by atoms with van der Waals surface area (Å²) in [6.45, 7) is 0. The van der Waals surface area contributed by atoms with Crippen molar-refractivity contribution >= 4 is 23.5 Å². The van der Waals surface area contributed by atoms with Gasteiger partial charge in [-0.05, 0) is 5.41 Å². The van der Waals surface area contributed by atoms with Crippen LogP contribution in [0.3, 0.4) is 0 Å². The molecule has 0 spiro atoms. The van der Waals surface area contributed by atoms with Crippen LogP contribution in [0.15, 0.2) is 16.6 Å². The number of urea groups is 1. The number of rotatable bonds is 1. The van der Waals surface area contributed by atoms with Gasteiger partial charge < -0.3 is 5.73 Å². The van der Waals surface area contributed by atoms with E-state index in [-0.39, 0.29) is 0 Å². The zero-order valence-electron chi connectivity index (χ0n) is 5.91. The largest absolute Gasteiger partial charge is 0.350 e. The maximum absolute atomic E-state index is 10.2. The number of amides is 2. The Kier molecular flexibility index (Phi) is 2.97. The monoisotopic (exact) mass is 171 g/mol. The summed E-state index contributed by atoms with van der Waals surface area (Å²) in [6.07, 6.45) is 2.79. The van der Waals surface area contributed by atoms with Gasteiger partial charge in [-0.25, -0.2) is 10.2 Å². The molecule has 11 heavy (non-hydrogen) atoms. The standard InChI is InChI=1S/C6H9N3OS/c7-6(10)9-8-5-2-1-3-11-4-5/h1,3H,2,4H2,(H3,7,9,10)/b8-5+. The Balaban J connectivity index is 2.40. The third-order valence-electron chi connectivity index (χ3n) is 1.12. The van der Waals surface area contributed by atoms with Crippen LogP contribution in [0.2, 0.25) is 0 Å². The van der Waals surface area contributed by atoms with E-state index in [0.717, 1.165) is 17.9 Å². The van der Waals surface area contributed by atoms with Crippen molar-refractivity contribution in [1.29, 1.82) is 0 Å². The number of carbonyl (C=O) groups is 1. The third-order valence-corrected chi connectivity index (χ3v) is 2.00. The maximum atomic E-state index is 10.2. The van der Waals surface area contributed by atoms with Gasteiger partial charge in [-0.3, -0.25) is 0 Å². The lowest BCUT2D eigenvalue weighted by molar-refractivity contribution is 0.249. The average molecular weight is 171 g/mol. The Labute approximate surface area is 68.9 Å². The first-order chi connectivity index (χ1) is 5.29. The van der Waals surface area contributed by atoms with E-state index in [2.05, 4.69) is 10.5 Å². The average Bonchev–Trinajstić information content (AvgIpc) is 2.03. The highest BCUT2D eigenvalue weighted by atomic mass is 32.2. The molecule has 1 rings (SSSR count). The molecular weight excluding hydrogens is 162 g/mol. The van der Waals surface area contributed by atoms with E-state index in [1.54, 1.807) is 11.8 Å². The van der Waals surface area contributed by atoms with Gasteiger partial charge in [0.25, 0.3) is 0 Å². The Morgan fingerprint density at radius 3 is 3.18 bits per heavy atom. The van der Waals surface area contributed by atoms with Gasteiger partial charge in [0.15, 0.2) is 0 Å². The molecule has 0 saturated heterocycles. The molecule has 0 aliphatic carbocycles. The molecule has 5 heteroatoms. The van der Waals surface area contributed by atoms with Crippen LogP contribution >= 0.6 is 11.8 Å². The first-order valence-electron chi connectivity index (χ1n) is 3.16. The zero-order valence-corrected chi connectivity index (χ0v) is 6.73. The highest BCUT2D eigenvalue weighted by Crippen LogP contribution is 2.11. The fourth-order valence-corrected chi connectivity index (χ4v) is 1.37. The molecule has 1 aliphatic heterocycles. The van der Waals surface area contributed by atoms with Crippen molar-refractivity contribution < 1.29 is 4.79 Å². The highest BCUT2D eigenvalue weighted by molar-refractivity contribution is 8.02. The topological polar surface area (TPSA) is 67.5 Å². The van der Waals surface area contributed by atoms with E-state index in [1.165, 1.54) is 0 Å². The van der Waals surface area contributed by atoms with Crippen molar-refractivity contribution in [2.24, 2.45) is 10.8 Å². The normalized spacial score (nSPS) is 20.2. The molecule has 4 nitrogen and oxygen atoms in total. The second-order valence-corrected chi connectivity index (χ2v) is 2.94. The summed E-state index contributed by atoms with van der Waals surface area (Å²) in [7, 11) is 0. The van der Waals surface area contributed by atoms with E-state index >= 15 is 0 Å². The Morgan fingerprint density at radius 1 is 1.82 bits per heavy atom. The van der Waals surface area contributed by atoms with Gasteiger partial charge in [0.2, 0.25) is 0 Å². The molecule has 0 aromatic heterocycles. The quantitative estimate of drug-likeness (QED) is 0.569. The van der Waals surface area contributed by atoms with Crippen LogP contribution in [-0.4, -0.2) is 17.5 Å². The second kappa shape index (κ2) is 4.02. The number of allylic oxidation sites excluding steroid dienone is 1. The van der Waals surface area contributed by atoms with Crippen LogP contribution in [0.5, 0.6) is 0 Å². The number of nitrogens with two attached hydrogens (primary N) is 1. The van der Waals surface area contributed by atoms with Crippen molar-refractivity contribution in [2.75, 3.05) is 5.75 Å². The van der Waals surface area contributed by atoms with Crippen LogP contribution in [0, 0.1) is 0 Å². The zero-order chi connectivity index (χ0) is 8.10. The number of hydrogen-bond acceptors (Lipinski definition) is 3. The predicted molar refractivity (Wildman–Crippen MR) is 46.4 cm³/mol. The van der Waals surface area contributed by atoms with Crippen LogP contribution in [0.1, 0.15) is 6.42 Å². The molecule has 0 aromatic rings. The molecule has 0 bridgehead atoms. The molecule has 1 aliphatic rings. The minimum absolute atomic E-state index is 0.614. The summed E-state index contributed by atoms with van der Waals surface area (Å²) in [5.74, 6) is 0.830. The number of hydrazone groups is 1. The van der Waals surface area contributed by atoms with Crippen molar-refractivity contribution in [2.45, 2.75) is 6.42 Å². The molecule has 0 fully saturated rings. The van der Waals surface area contributed by atoms with Gasteiger partial charge in [-0.15, -0.1) is 11.8 Å². The van der Waals surface area contributed by atoms with Crippen molar-refractivity contribution in [3.8, 4) is 0 Å². The van der Waals surface area contributed by atoms with E-state index in [0.29, 0.717) is 0 Å². The van der Waals surface area contributed by atoms with Gasteiger partial charge in [0.1, 0.15) is 0 Å². The van der Waals surface area contributed by atoms with Crippen LogP contribution < -0.4 is 11.2 Å². The molecule has 0 saturated carbocycles. The molecule has 3 N–H and O–H groups in total. The van der Waals surface area contributed by atoms with Crippen LogP contribution in [0.4, 0.5) is 4.79 Å². The number of hydrogen-bond donors (Lipinski definition) is 2. The number of nitrogens with one attached hydrogen (secondary N) is 1. The van der Waals surface area contributed by atoms with Gasteiger partial charge in [-0.2, -0.15) is 5.10 Å². The summed E-state index contributed by atoms with van der Waals surface area (Å²) in [5, 5.41) is 5.82. The molecule has 2 amide bonds. The number of carbonyl (C=O) groups excluding carboxylic acids is 1. The summed E-state index contributed by atoms with van der Waals surface area (Å²) >= 11 is 1.65. The smallest absolute Gasteiger partial charge is 0.332 e. The molecular formula is C6H9N3OS. The summed E-state index contributed by atoms with van der Waals surface area (Å²) < 4.78 is 0. The van der Waals surface area contributed by atoms with Gasteiger partial charge >= 0.3 is 6.03 Å². The molecule has 0 atom stereocenters. The molecule has 0 radical (unpaired) electrons. The van der Waals surface area contributed by atoms with Crippen molar-refractivity contribution in [3.63, 3.8) is 0 Å². The van der Waals surface area contributed by atoms with E-state index < -0.39 is 6.03 Å². The Morgan fingerprint density at radius 2 is 2.64 bits per heavy atom. The third kappa shape index (κ3) is 3.08. The van der Waals surface area contributed by atoms with Crippen molar-refractivity contribution in [3.05, 3.63) is 11.5 Å². The predicted octanol–water partition coefficient (Wildman–Crippen LogP) is 0.661. The van der Waals surface area contributed by atoms with Gasteiger partial charge in [0, 0.05) is 12.2 Å². The lowest BCUT2D eigenvalue weighted by Gasteiger charge is -2.05. The first-order valence-corrected chi connectivity index (χ1v) is 4.21. The maximum Gasteiger partial charge on any atom is 0.332 e. The van der Waals surface area contributed by atoms with Crippen LogP contribution in [0.25, 0.3) is 0 Å². The molecule has 1 heterocycles. The number of primary amides is 1. The van der Waals surface area contributed by atoms with Gasteiger partial charge in [-0.1, -0.05) is 6.08 Å². The number of nitrogens with zero attached hydrogens (tertiary/aromatic N) is 1. The molecule has 0 aromatic carbocycles.